The number of nitrogens with zero attached hydrogens (tertiary/aromatic N) is 3. The molecule has 1 aromatic heterocycles. The lowest BCUT2D eigenvalue weighted by Gasteiger charge is -2.30. The number of aromatic nitrogens is 1. The number of carboxylic acid groups (broad SMARTS) is 1. The molecule has 10 heteroatoms. The maximum atomic E-state index is 13.0. The summed E-state index contributed by atoms with van der Waals surface area (Å²) in [7, 11) is -4.01. The number of benzene rings is 1. The fourth-order valence-corrected chi connectivity index (χ4v) is 4.67. The lowest BCUT2D eigenvalue weighted by atomic mass is 10.0. The summed E-state index contributed by atoms with van der Waals surface area (Å²) in [5.41, 5.74) is -0.224. The zero-order chi connectivity index (χ0) is 18.2. The molecule has 1 aromatic carbocycles. The molecule has 3 rings (SSSR count). The highest BCUT2D eigenvalue weighted by molar-refractivity contribution is 7.89. The molecule has 25 heavy (non-hydrogen) atoms. The maximum absolute atomic E-state index is 13.0. The molecule has 1 unspecified atom stereocenters. The number of non-ortho nitro benzene ring substituents is 1. The molecule has 1 aliphatic heterocycles. The minimum atomic E-state index is -4.01. The summed E-state index contributed by atoms with van der Waals surface area (Å²) in [5.74, 6) is -1.80. The van der Waals surface area contributed by atoms with E-state index in [1.807, 2.05) is 0 Å². The van der Waals surface area contributed by atoms with Crippen molar-refractivity contribution in [2.75, 3.05) is 13.1 Å². The zero-order valence-corrected chi connectivity index (χ0v) is 13.8. The van der Waals surface area contributed by atoms with E-state index < -0.39 is 26.8 Å². The number of hydrogen-bond donors (Lipinski definition) is 1. The van der Waals surface area contributed by atoms with Crippen molar-refractivity contribution in [1.29, 1.82) is 0 Å². The van der Waals surface area contributed by atoms with E-state index in [1.165, 1.54) is 18.3 Å². The fourth-order valence-electron chi connectivity index (χ4n) is 3.00. The molecule has 0 bridgehead atoms. The number of carbonyl (C=O) groups is 1. The number of sulfonamides is 1. The van der Waals surface area contributed by atoms with Crippen LogP contribution in [0.3, 0.4) is 0 Å². The molecule has 0 aliphatic carbocycles. The van der Waals surface area contributed by atoms with Crippen LogP contribution in [0.4, 0.5) is 5.69 Å². The Balaban J connectivity index is 2.11. The molecule has 132 valence electrons. The van der Waals surface area contributed by atoms with Crippen LogP contribution >= 0.6 is 0 Å². The molecular weight excluding hydrogens is 350 g/mol. The Morgan fingerprint density at radius 1 is 1.36 bits per heavy atom. The third kappa shape index (κ3) is 3.05. The number of hydrogen-bond acceptors (Lipinski definition) is 6. The van der Waals surface area contributed by atoms with E-state index in [0.717, 1.165) is 16.4 Å². The molecular formula is C15H15N3O6S. The Hall–Kier alpha value is -2.59. The SMILES string of the molecule is O=C(O)C1CCCN(S(=O)(=O)c2ccc([N+](=O)[O-])c3cccnc23)C1. The van der Waals surface area contributed by atoms with Crippen LogP contribution in [-0.2, 0) is 14.8 Å². The van der Waals surface area contributed by atoms with Gasteiger partial charge in [-0.25, -0.2) is 8.42 Å². The number of rotatable bonds is 4. The summed E-state index contributed by atoms with van der Waals surface area (Å²) >= 11 is 0. The van der Waals surface area contributed by atoms with Crippen LogP contribution in [-0.4, -0.2) is 46.8 Å². The van der Waals surface area contributed by atoms with Crippen molar-refractivity contribution in [3.63, 3.8) is 0 Å². The van der Waals surface area contributed by atoms with Crippen molar-refractivity contribution in [3.8, 4) is 0 Å². The van der Waals surface area contributed by atoms with Crippen LogP contribution in [0.1, 0.15) is 12.8 Å². The van der Waals surface area contributed by atoms with E-state index in [1.54, 1.807) is 0 Å². The molecule has 1 fully saturated rings. The molecule has 2 aromatic rings. The van der Waals surface area contributed by atoms with Gasteiger partial charge in [-0.2, -0.15) is 4.31 Å². The van der Waals surface area contributed by atoms with Crippen molar-refractivity contribution >= 4 is 32.6 Å². The third-order valence-corrected chi connectivity index (χ3v) is 6.15. The van der Waals surface area contributed by atoms with E-state index in [2.05, 4.69) is 4.98 Å². The van der Waals surface area contributed by atoms with Gasteiger partial charge in [0.1, 0.15) is 4.90 Å². The first-order valence-corrected chi connectivity index (χ1v) is 9.01. The summed E-state index contributed by atoms with van der Waals surface area (Å²) in [5, 5.41) is 20.4. The van der Waals surface area contributed by atoms with E-state index in [0.29, 0.717) is 12.8 Å². The van der Waals surface area contributed by atoms with Crippen molar-refractivity contribution in [1.82, 2.24) is 9.29 Å². The number of nitro benzene ring substituents is 1. The number of piperidine rings is 1. The van der Waals surface area contributed by atoms with E-state index >= 15 is 0 Å². The van der Waals surface area contributed by atoms with Gasteiger partial charge in [0.2, 0.25) is 10.0 Å². The van der Waals surface area contributed by atoms with Crippen molar-refractivity contribution in [2.24, 2.45) is 5.92 Å². The van der Waals surface area contributed by atoms with Crippen molar-refractivity contribution in [3.05, 3.63) is 40.6 Å². The lowest BCUT2D eigenvalue weighted by molar-refractivity contribution is -0.383. The van der Waals surface area contributed by atoms with Crippen LogP contribution in [0.25, 0.3) is 10.9 Å². The Morgan fingerprint density at radius 2 is 2.12 bits per heavy atom. The quantitative estimate of drug-likeness (QED) is 0.643. The number of aliphatic carboxylic acids is 1. The van der Waals surface area contributed by atoms with Gasteiger partial charge in [-0.1, -0.05) is 0 Å². The Morgan fingerprint density at radius 3 is 2.80 bits per heavy atom. The average Bonchev–Trinajstić information content (AvgIpc) is 2.60. The summed E-state index contributed by atoms with van der Waals surface area (Å²) in [6.45, 7) is 0.0837. The van der Waals surface area contributed by atoms with Crippen LogP contribution in [0.5, 0.6) is 0 Å². The third-order valence-electron chi connectivity index (χ3n) is 4.26. The molecule has 1 N–H and O–H groups in total. The van der Waals surface area contributed by atoms with Gasteiger partial charge in [-0.15, -0.1) is 0 Å². The standard InChI is InChI=1S/C15H15N3O6S/c19-15(20)10-3-2-8-17(9-10)25(23,24)13-6-5-12(18(21)22)11-4-1-7-16-14(11)13/h1,4-7,10H,2-3,8-9H2,(H,19,20). The van der Waals surface area contributed by atoms with Crippen LogP contribution in [0.15, 0.2) is 35.4 Å². The number of carboxylic acids is 1. The monoisotopic (exact) mass is 365 g/mol. The van der Waals surface area contributed by atoms with Crippen molar-refractivity contribution in [2.45, 2.75) is 17.7 Å². The first-order valence-electron chi connectivity index (χ1n) is 7.57. The van der Waals surface area contributed by atoms with E-state index in [4.69, 9.17) is 5.11 Å². The molecule has 0 radical (unpaired) electrons. The molecule has 2 heterocycles. The second-order valence-electron chi connectivity index (χ2n) is 5.78. The predicted molar refractivity (Wildman–Crippen MR) is 87.5 cm³/mol. The van der Waals surface area contributed by atoms with Gasteiger partial charge in [0, 0.05) is 25.4 Å². The first-order chi connectivity index (χ1) is 11.8. The number of fused-ring (bicyclic) bond motifs is 1. The highest BCUT2D eigenvalue weighted by atomic mass is 32.2. The van der Waals surface area contributed by atoms with Gasteiger partial charge in [0.15, 0.2) is 0 Å². The molecule has 9 nitrogen and oxygen atoms in total. The minimum Gasteiger partial charge on any atom is -0.481 e. The van der Waals surface area contributed by atoms with Gasteiger partial charge in [-0.05, 0) is 31.0 Å². The van der Waals surface area contributed by atoms with E-state index in [9.17, 15) is 23.3 Å². The summed E-state index contributed by atoms with van der Waals surface area (Å²) in [6.07, 6.45) is 2.22. The summed E-state index contributed by atoms with van der Waals surface area (Å²) in [6, 6.07) is 5.23. The normalized spacial score (nSPS) is 19.0. The predicted octanol–water partition coefficient (Wildman–Crippen LogP) is 1.63. The number of pyridine rings is 1. The highest BCUT2D eigenvalue weighted by Gasteiger charge is 2.35. The molecule has 0 saturated carbocycles. The lowest BCUT2D eigenvalue weighted by Crippen LogP contribution is -2.42. The van der Waals surface area contributed by atoms with Gasteiger partial charge < -0.3 is 5.11 Å². The van der Waals surface area contributed by atoms with Gasteiger partial charge in [0.05, 0.1) is 21.7 Å². The summed E-state index contributed by atoms with van der Waals surface area (Å²) in [4.78, 5) is 25.6. The van der Waals surface area contributed by atoms with Gasteiger partial charge in [0.25, 0.3) is 5.69 Å². The highest BCUT2D eigenvalue weighted by Crippen LogP contribution is 2.32. The Bertz CT molecular complexity index is 959. The molecule has 1 aliphatic rings. The van der Waals surface area contributed by atoms with Crippen LogP contribution < -0.4 is 0 Å². The Kier molecular flexibility index (Phi) is 4.39. The minimum absolute atomic E-state index is 0.00847. The molecule has 0 amide bonds. The largest absolute Gasteiger partial charge is 0.481 e. The molecule has 1 saturated heterocycles. The van der Waals surface area contributed by atoms with Gasteiger partial charge >= 0.3 is 5.97 Å². The van der Waals surface area contributed by atoms with Crippen molar-refractivity contribution < 1.29 is 23.2 Å². The fraction of sp³-hybridized carbons (Fsp3) is 0.333. The maximum Gasteiger partial charge on any atom is 0.307 e. The molecule has 1 atom stereocenters. The zero-order valence-electron chi connectivity index (χ0n) is 13.0. The van der Waals surface area contributed by atoms with Crippen LogP contribution in [0.2, 0.25) is 0 Å². The first kappa shape index (κ1) is 17.2. The smallest absolute Gasteiger partial charge is 0.307 e. The number of nitro groups is 1. The van der Waals surface area contributed by atoms with E-state index in [-0.39, 0.29) is 34.6 Å². The van der Waals surface area contributed by atoms with Crippen LogP contribution in [0, 0.1) is 16.0 Å². The average molecular weight is 365 g/mol. The van der Waals surface area contributed by atoms with Gasteiger partial charge in [-0.3, -0.25) is 19.9 Å². The molecule has 0 spiro atoms. The second kappa shape index (κ2) is 6.37. The second-order valence-corrected chi connectivity index (χ2v) is 7.69. The summed E-state index contributed by atoms with van der Waals surface area (Å²) < 4.78 is 27.1. The topological polar surface area (TPSA) is 131 Å². The Labute approximate surface area is 143 Å².